The van der Waals surface area contributed by atoms with E-state index in [0.717, 1.165) is 11.1 Å². The first-order valence-corrected chi connectivity index (χ1v) is 8.23. The zero-order valence-electron chi connectivity index (χ0n) is 15.7. The number of aromatic hydroxyl groups is 1. The predicted octanol–water partition coefficient (Wildman–Crippen LogP) is 4.02. The summed E-state index contributed by atoms with van der Waals surface area (Å²) in [7, 11) is 3.22. The molecule has 0 radical (unpaired) electrons. The lowest BCUT2D eigenvalue weighted by molar-refractivity contribution is 0.0694. The fourth-order valence-electron chi connectivity index (χ4n) is 2.60. The van der Waals surface area contributed by atoms with Crippen molar-refractivity contribution in [2.45, 2.75) is 32.7 Å². The van der Waals surface area contributed by atoms with E-state index < -0.39 is 5.97 Å². The number of hydrogen-bond donors (Lipinski definition) is 3. The van der Waals surface area contributed by atoms with Gasteiger partial charge < -0.3 is 25.0 Å². The summed E-state index contributed by atoms with van der Waals surface area (Å²) in [5.74, 6) is -0.0547. The first-order chi connectivity index (χ1) is 12.2. The Morgan fingerprint density at radius 3 is 2.08 bits per heavy atom. The number of nitrogens with one attached hydrogen (secondary N) is 1. The van der Waals surface area contributed by atoms with Crippen LogP contribution in [0.15, 0.2) is 30.3 Å². The van der Waals surface area contributed by atoms with E-state index in [1.807, 2.05) is 12.1 Å². The second-order valence-corrected chi connectivity index (χ2v) is 7.00. The third-order valence-corrected chi connectivity index (χ3v) is 4.17. The molecule has 140 valence electrons. The third-order valence-electron chi connectivity index (χ3n) is 4.17. The van der Waals surface area contributed by atoms with Crippen molar-refractivity contribution in [3.63, 3.8) is 0 Å². The van der Waals surface area contributed by atoms with Gasteiger partial charge >= 0.3 is 5.97 Å². The summed E-state index contributed by atoms with van der Waals surface area (Å²) < 4.78 is 11.1. The van der Waals surface area contributed by atoms with Crippen molar-refractivity contribution in [1.82, 2.24) is 0 Å². The number of carboxylic acid groups (broad SMARTS) is 1. The Hall–Kier alpha value is -2.89. The van der Waals surface area contributed by atoms with Gasteiger partial charge in [-0.25, -0.2) is 4.79 Å². The summed E-state index contributed by atoms with van der Waals surface area (Å²) in [4.78, 5) is 11.0. The average molecular weight is 359 g/mol. The highest BCUT2D eigenvalue weighted by molar-refractivity contribution is 5.91. The summed E-state index contributed by atoms with van der Waals surface area (Å²) in [5.41, 5.74) is 2.34. The van der Waals surface area contributed by atoms with Gasteiger partial charge in [-0.15, -0.1) is 0 Å². The topological polar surface area (TPSA) is 88.0 Å². The van der Waals surface area contributed by atoms with E-state index in [1.165, 1.54) is 12.1 Å². The molecule has 2 aromatic carbocycles. The van der Waals surface area contributed by atoms with Gasteiger partial charge in [0.05, 0.1) is 19.8 Å². The van der Waals surface area contributed by atoms with Gasteiger partial charge in [0.15, 0.2) is 0 Å². The van der Waals surface area contributed by atoms with Crippen LogP contribution in [0.4, 0.5) is 5.69 Å². The van der Waals surface area contributed by atoms with Crippen LogP contribution in [-0.4, -0.2) is 30.4 Å². The van der Waals surface area contributed by atoms with Crippen LogP contribution in [-0.2, 0) is 12.0 Å². The highest BCUT2D eigenvalue weighted by Gasteiger charge is 2.20. The lowest BCUT2D eigenvalue weighted by Crippen LogP contribution is -2.13. The van der Waals surface area contributed by atoms with Crippen LogP contribution in [0, 0.1) is 0 Å². The van der Waals surface area contributed by atoms with E-state index in [1.54, 1.807) is 20.3 Å². The molecule has 0 saturated heterocycles. The van der Waals surface area contributed by atoms with Crippen LogP contribution in [0.5, 0.6) is 17.2 Å². The maximum atomic E-state index is 11.0. The van der Waals surface area contributed by atoms with Crippen LogP contribution >= 0.6 is 0 Å². The molecule has 0 aliphatic carbocycles. The molecule has 0 saturated carbocycles. The maximum absolute atomic E-state index is 11.0. The Morgan fingerprint density at radius 1 is 1.08 bits per heavy atom. The molecule has 0 unspecified atom stereocenters. The molecular weight excluding hydrogens is 334 g/mol. The minimum absolute atomic E-state index is 0.0506. The maximum Gasteiger partial charge on any atom is 0.339 e. The lowest BCUT2D eigenvalue weighted by atomic mass is 9.86. The second-order valence-electron chi connectivity index (χ2n) is 7.00. The first kappa shape index (κ1) is 19.4. The highest BCUT2D eigenvalue weighted by atomic mass is 16.5. The minimum Gasteiger partial charge on any atom is -0.507 e. The smallest absolute Gasteiger partial charge is 0.339 e. The monoisotopic (exact) mass is 359 g/mol. The number of carboxylic acids is 1. The molecule has 6 nitrogen and oxygen atoms in total. The molecule has 0 atom stereocenters. The van der Waals surface area contributed by atoms with E-state index in [4.69, 9.17) is 14.6 Å². The molecule has 0 bridgehead atoms. The van der Waals surface area contributed by atoms with E-state index in [-0.39, 0.29) is 16.7 Å². The van der Waals surface area contributed by atoms with Crippen molar-refractivity contribution >= 4 is 11.7 Å². The average Bonchev–Trinajstić information content (AvgIpc) is 2.57. The zero-order valence-corrected chi connectivity index (χ0v) is 15.7. The zero-order chi connectivity index (χ0) is 19.5. The van der Waals surface area contributed by atoms with Crippen LogP contribution in [0.1, 0.15) is 42.3 Å². The van der Waals surface area contributed by atoms with Crippen LogP contribution < -0.4 is 14.8 Å². The molecule has 0 aliphatic heterocycles. The summed E-state index contributed by atoms with van der Waals surface area (Å²) in [6.45, 7) is 6.74. The summed E-state index contributed by atoms with van der Waals surface area (Å²) in [6, 6.07) is 8.32. The molecule has 26 heavy (non-hydrogen) atoms. The Balaban J connectivity index is 2.31. The molecule has 2 rings (SSSR count). The van der Waals surface area contributed by atoms with Crippen molar-refractivity contribution < 1.29 is 24.5 Å². The highest BCUT2D eigenvalue weighted by Crippen LogP contribution is 2.36. The van der Waals surface area contributed by atoms with E-state index in [0.29, 0.717) is 23.7 Å². The van der Waals surface area contributed by atoms with Gasteiger partial charge in [0.1, 0.15) is 22.8 Å². The van der Waals surface area contributed by atoms with Crippen molar-refractivity contribution in [2.75, 3.05) is 19.5 Å². The number of ether oxygens (including phenoxy) is 2. The van der Waals surface area contributed by atoms with Gasteiger partial charge in [0.2, 0.25) is 0 Å². The predicted molar refractivity (Wildman–Crippen MR) is 101 cm³/mol. The molecule has 0 spiro atoms. The second kappa shape index (κ2) is 7.56. The van der Waals surface area contributed by atoms with Gasteiger partial charge in [-0.05, 0) is 35.2 Å². The Kier molecular flexibility index (Phi) is 5.65. The van der Waals surface area contributed by atoms with Gasteiger partial charge in [-0.1, -0.05) is 20.8 Å². The van der Waals surface area contributed by atoms with Gasteiger partial charge in [-0.2, -0.15) is 0 Å². The summed E-state index contributed by atoms with van der Waals surface area (Å²) >= 11 is 0. The fraction of sp³-hybridized carbons (Fsp3) is 0.350. The molecule has 0 aromatic heterocycles. The number of rotatable bonds is 6. The van der Waals surface area contributed by atoms with Crippen molar-refractivity contribution in [3.8, 4) is 17.2 Å². The molecule has 0 aliphatic rings. The van der Waals surface area contributed by atoms with Crippen molar-refractivity contribution in [3.05, 3.63) is 47.0 Å². The largest absolute Gasteiger partial charge is 0.507 e. The summed E-state index contributed by atoms with van der Waals surface area (Å²) in [5, 5.41) is 22.0. The molecule has 3 N–H and O–H groups in total. The SMILES string of the molecule is COc1cc(C(C)(C)C)cc(OC)c1CNc1ccc(C(=O)O)c(O)c1. The summed E-state index contributed by atoms with van der Waals surface area (Å²) in [6.07, 6.45) is 0. The Labute approximate surface area is 153 Å². The van der Waals surface area contributed by atoms with E-state index >= 15 is 0 Å². The van der Waals surface area contributed by atoms with Crippen molar-refractivity contribution in [1.29, 1.82) is 0 Å². The van der Waals surface area contributed by atoms with Gasteiger partial charge in [-0.3, -0.25) is 0 Å². The van der Waals surface area contributed by atoms with Gasteiger partial charge in [0, 0.05) is 18.3 Å². The Morgan fingerprint density at radius 2 is 1.65 bits per heavy atom. The van der Waals surface area contributed by atoms with Crippen molar-refractivity contribution in [2.24, 2.45) is 0 Å². The standard InChI is InChI=1S/C20H25NO5/c1-20(2,3)12-8-17(25-4)15(18(9-12)26-5)11-21-13-6-7-14(19(23)24)16(22)10-13/h6-10,21-22H,11H2,1-5H3,(H,23,24). The molecule has 0 amide bonds. The van der Waals surface area contributed by atoms with Crippen LogP contribution in [0.3, 0.4) is 0 Å². The minimum atomic E-state index is -1.17. The van der Waals surface area contributed by atoms with Crippen LogP contribution in [0.25, 0.3) is 0 Å². The number of benzene rings is 2. The number of methoxy groups -OCH3 is 2. The molecular formula is C20H25NO5. The number of carbonyl (C=O) groups is 1. The van der Waals surface area contributed by atoms with E-state index in [9.17, 15) is 9.90 Å². The molecule has 6 heteroatoms. The normalized spacial score (nSPS) is 11.1. The lowest BCUT2D eigenvalue weighted by Gasteiger charge is -2.23. The molecule has 0 heterocycles. The number of aromatic carboxylic acids is 1. The first-order valence-electron chi connectivity index (χ1n) is 8.23. The number of phenols is 1. The van der Waals surface area contributed by atoms with E-state index in [2.05, 4.69) is 26.1 Å². The Bertz CT molecular complexity index is 783. The number of hydrogen-bond acceptors (Lipinski definition) is 5. The quantitative estimate of drug-likeness (QED) is 0.722. The van der Waals surface area contributed by atoms with Crippen LogP contribution in [0.2, 0.25) is 0 Å². The fourth-order valence-corrected chi connectivity index (χ4v) is 2.60. The molecule has 0 fully saturated rings. The third kappa shape index (κ3) is 4.20. The van der Waals surface area contributed by atoms with Gasteiger partial charge in [0.25, 0.3) is 0 Å². The molecule has 2 aromatic rings. The number of anilines is 1.